The molecule has 166 valence electrons. The van der Waals surface area contributed by atoms with Crippen molar-refractivity contribution in [2.75, 3.05) is 25.1 Å². The Labute approximate surface area is 184 Å². The zero-order chi connectivity index (χ0) is 22.5. The van der Waals surface area contributed by atoms with Crippen LogP contribution in [0.5, 0.6) is 17.2 Å². The molecule has 2 aromatic heterocycles. The predicted octanol–water partition coefficient (Wildman–Crippen LogP) is 4.93. The van der Waals surface area contributed by atoms with Crippen molar-refractivity contribution in [3.63, 3.8) is 0 Å². The first kappa shape index (κ1) is 21.2. The van der Waals surface area contributed by atoms with Crippen molar-refractivity contribution in [3.05, 3.63) is 48.0 Å². The highest BCUT2D eigenvalue weighted by molar-refractivity contribution is 6.04. The summed E-state index contributed by atoms with van der Waals surface area (Å²) < 4.78 is 28.3. The molecule has 0 aliphatic carbocycles. The van der Waals surface area contributed by atoms with Crippen molar-refractivity contribution >= 4 is 22.9 Å². The second kappa shape index (κ2) is 9.42. The number of fused-ring (bicyclic) bond motifs is 1. The average Bonchev–Trinajstić information content (AvgIpc) is 3.43. The van der Waals surface area contributed by atoms with Gasteiger partial charge in [-0.05, 0) is 45.0 Å². The molecule has 1 N–H and O–H groups in total. The summed E-state index contributed by atoms with van der Waals surface area (Å²) in [6.07, 6.45) is 0. The summed E-state index contributed by atoms with van der Waals surface area (Å²) in [4.78, 5) is 12.9. The number of carbonyl (C=O) groups excluding carboxylic acids is 1. The molecule has 0 aliphatic rings. The summed E-state index contributed by atoms with van der Waals surface area (Å²) in [6.45, 7) is 6.80. The van der Waals surface area contributed by atoms with Crippen LogP contribution in [0, 0.1) is 0 Å². The van der Waals surface area contributed by atoms with Crippen molar-refractivity contribution < 1.29 is 27.8 Å². The van der Waals surface area contributed by atoms with Crippen LogP contribution < -0.4 is 19.5 Å². The summed E-state index contributed by atoms with van der Waals surface area (Å²) in [5, 5.41) is 11.4. The van der Waals surface area contributed by atoms with Crippen molar-refractivity contribution in [3.8, 4) is 28.9 Å². The van der Waals surface area contributed by atoms with Crippen molar-refractivity contribution in [2.24, 2.45) is 0 Å². The number of anilines is 1. The van der Waals surface area contributed by atoms with Gasteiger partial charge in [0, 0.05) is 10.9 Å². The summed E-state index contributed by atoms with van der Waals surface area (Å²) in [5.74, 6) is 1.40. The summed E-state index contributed by atoms with van der Waals surface area (Å²) >= 11 is 0. The van der Waals surface area contributed by atoms with E-state index in [0.717, 1.165) is 5.39 Å². The van der Waals surface area contributed by atoms with Gasteiger partial charge < -0.3 is 23.0 Å². The van der Waals surface area contributed by atoms with Crippen LogP contribution in [0.2, 0.25) is 0 Å². The number of carbonyl (C=O) groups is 1. The molecule has 2 aromatic carbocycles. The minimum atomic E-state index is -0.463. The highest BCUT2D eigenvalue weighted by Gasteiger charge is 2.20. The van der Waals surface area contributed by atoms with Crippen LogP contribution in [0.1, 0.15) is 31.1 Å². The Morgan fingerprint density at radius 3 is 2.25 bits per heavy atom. The Balaban J connectivity index is 1.58. The normalized spacial score (nSPS) is 10.8. The number of para-hydroxylation sites is 1. The fourth-order valence-electron chi connectivity index (χ4n) is 3.15. The number of amides is 1. The molecule has 9 nitrogen and oxygen atoms in total. The number of hydrogen-bond donors (Lipinski definition) is 1. The number of nitrogens with one attached hydrogen (secondary N) is 1. The standard InChI is InChI=1S/C23H23N3O6/c1-4-28-17-12-15(13-18(29-5-2)20(17)30-6-3)21(27)24-23-26-25-22(32-23)19-11-14-9-7-8-10-16(14)31-19/h7-13H,4-6H2,1-3H3,(H,24,26,27). The first-order valence-electron chi connectivity index (χ1n) is 10.3. The van der Waals surface area contributed by atoms with E-state index in [1.807, 2.05) is 45.0 Å². The number of aromatic nitrogens is 2. The third kappa shape index (κ3) is 4.36. The summed E-state index contributed by atoms with van der Waals surface area (Å²) in [5.41, 5.74) is 0.997. The highest BCUT2D eigenvalue weighted by Crippen LogP contribution is 2.39. The lowest BCUT2D eigenvalue weighted by Gasteiger charge is -2.16. The zero-order valence-corrected chi connectivity index (χ0v) is 18.0. The van der Waals surface area contributed by atoms with Crippen LogP contribution in [0.4, 0.5) is 6.01 Å². The number of benzene rings is 2. The summed E-state index contributed by atoms with van der Waals surface area (Å²) in [6, 6.07) is 12.4. The molecule has 4 aromatic rings. The van der Waals surface area contributed by atoms with Gasteiger partial charge in [0.25, 0.3) is 11.8 Å². The first-order valence-corrected chi connectivity index (χ1v) is 10.3. The molecule has 9 heteroatoms. The van der Waals surface area contributed by atoms with E-state index >= 15 is 0 Å². The smallest absolute Gasteiger partial charge is 0.322 e. The van der Waals surface area contributed by atoms with E-state index in [4.69, 9.17) is 23.0 Å². The topological polar surface area (TPSA) is 109 Å². The molecule has 2 heterocycles. The monoisotopic (exact) mass is 437 g/mol. The predicted molar refractivity (Wildman–Crippen MR) is 117 cm³/mol. The van der Waals surface area contributed by atoms with Crippen molar-refractivity contribution in [1.29, 1.82) is 0 Å². The van der Waals surface area contributed by atoms with E-state index in [1.54, 1.807) is 18.2 Å². The molecule has 32 heavy (non-hydrogen) atoms. The molecular weight excluding hydrogens is 414 g/mol. The quantitative estimate of drug-likeness (QED) is 0.393. The minimum Gasteiger partial charge on any atom is -0.490 e. The van der Waals surface area contributed by atoms with Crippen LogP contribution >= 0.6 is 0 Å². The van der Waals surface area contributed by atoms with Gasteiger partial charge in [0.15, 0.2) is 17.3 Å². The molecule has 0 saturated carbocycles. The van der Waals surface area contributed by atoms with Crippen LogP contribution in [-0.2, 0) is 0 Å². The highest BCUT2D eigenvalue weighted by atomic mass is 16.5. The maximum atomic E-state index is 12.9. The molecular formula is C23H23N3O6. The third-order valence-corrected chi connectivity index (χ3v) is 4.45. The van der Waals surface area contributed by atoms with Crippen LogP contribution in [0.25, 0.3) is 22.6 Å². The SMILES string of the molecule is CCOc1cc(C(=O)Nc2nnc(-c3cc4ccccc4o3)o2)cc(OCC)c1OCC. The molecule has 0 aliphatic heterocycles. The molecule has 0 saturated heterocycles. The number of ether oxygens (including phenoxy) is 3. The largest absolute Gasteiger partial charge is 0.490 e. The van der Waals surface area contributed by atoms with Gasteiger partial charge in [0.05, 0.1) is 19.8 Å². The van der Waals surface area contributed by atoms with E-state index in [1.165, 1.54) is 0 Å². The first-order chi connectivity index (χ1) is 15.6. The number of furan rings is 1. The fourth-order valence-corrected chi connectivity index (χ4v) is 3.15. The summed E-state index contributed by atoms with van der Waals surface area (Å²) in [7, 11) is 0. The van der Waals surface area contributed by atoms with E-state index in [-0.39, 0.29) is 11.9 Å². The van der Waals surface area contributed by atoms with Crippen molar-refractivity contribution in [1.82, 2.24) is 10.2 Å². The zero-order valence-electron chi connectivity index (χ0n) is 18.0. The van der Waals surface area contributed by atoms with Gasteiger partial charge in [-0.2, -0.15) is 0 Å². The molecule has 0 spiro atoms. The fraction of sp³-hybridized carbons (Fsp3) is 0.261. The number of nitrogens with zero attached hydrogens (tertiary/aromatic N) is 2. The lowest BCUT2D eigenvalue weighted by molar-refractivity contribution is 0.102. The van der Waals surface area contributed by atoms with Gasteiger partial charge in [-0.1, -0.05) is 23.3 Å². The maximum Gasteiger partial charge on any atom is 0.322 e. The lowest BCUT2D eigenvalue weighted by Crippen LogP contribution is -2.13. The molecule has 4 rings (SSSR count). The molecule has 0 radical (unpaired) electrons. The van der Waals surface area contributed by atoms with Crippen LogP contribution in [0.3, 0.4) is 0 Å². The molecule has 0 fully saturated rings. The maximum absolute atomic E-state index is 12.9. The van der Waals surface area contributed by atoms with E-state index in [9.17, 15) is 4.79 Å². The van der Waals surface area contributed by atoms with Gasteiger partial charge in [-0.15, -0.1) is 5.10 Å². The Kier molecular flexibility index (Phi) is 6.25. The molecule has 0 atom stereocenters. The van der Waals surface area contributed by atoms with E-state index in [0.29, 0.717) is 54.0 Å². The van der Waals surface area contributed by atoms with Gasteiger partial charge in [-0.3, -0.25) is 10.1 Å². The van der Waals surface area contributed by atoms with E-state index in [2.05, 4.69) is 15.5 Å². The minimum absolute atomic E-state index is 0.0599. The van der Waals surface area contributed by atoms with Gasteiger partial charge in [0.2, 0.25) is 5.75 Å². The van der Waals surface area contributed by atoms with E-state index < -0.39 is 5.91 Å². The Hall–Kier alpha value is -4.01. The second-order valence-electron chi connectivity index (χ2n) is 6.62. The lowest BCUT2D eigenvalue weighted by atomic mass is 10.1. The molecule has 1 amide bonds. The molecule has 0 unspecified atom stereocenters. The Bertz CT molecular complexity index is 1170. The Morgan fingerprint density at radius 1 is 0.906 bits per heavy atom. The van der Waals surface area contributed by atoms with Crippen LogP contribution in [-0.4, -0.2) is 35.9 Å². The van der Waals surface area contributed by atoms with Crippen LogP contribution in [0.15, 0.2) is 51.3 Å². The van der Waals surface area contributed by atoms with Gasteiger partial charge in [-0.25, -0.2) is 0 Å². The number of rotatable bonds is 9. The Morgan fingerprint density at radius 2 is 1.59 bits per heavy atom. The second-order valence-corrected chi connectivity index (χ2v) is 6.62. The van der Waals surface area contributed by atoms with Gasteiger partial charge >= 0.3 is 6.01 Å². The van der Waals surface area contributed by atoms with Crippen molar-refractivity contribution in [2.45, 2.75) is 20.8 Å². The van der Waals surface area contributed by atoms with Gasteiger partial charge in [0.1, 0.15) is 5.58 Å². The average molecular weight is 437 g/mol. The third-order valence-electron chi connectivity index (χ3n) is 4.45. The number of hydrogen-bond acceptors (Lipinski definition) is 8. The molecule has 0 bridgehead atoms.